The Balaban J connectivity index is 1.44. The van der Waals surface area contributed by atoms with E-state index in [9.17, 15) is 9.59 Å². The Morgan fingerprint density at radius 3 is 2.79 bits per heavy atom. The molecule has 1 aliphatic heterocycles. The first-order chi connectivity index (χ1) is 15.9. The molecule has 0 fully saturated rings. The van der Waals surface area contributed by atoms with Crippen LogP contribution < -0.4 is 14.2 Å². The summed E-state index contributed by atoms with van der Waals surface area (Å²) in [5.41, 5.74) is 3.04. The molecular formula is C26H21NO5S. The number of thiophene rings is 1. The number of nitrogens with zero attached hydrogens (tertiary/aromatic N) is 1. The Hall–Kier alpha value is -3.84. The number of allylic oxidation sites excluding steroid dienone is 1. The lowest BCUT2D eigenvalue weighted by atomic mass is 10.0. The molecule has 33 heavy (non-hydrogen) atoms. The molecule has 0 aliphatic carbocycles. The van der Waals surface area contributed by atoms with E-state index in [1.165, 1.54) is 11.3 Å². The lowest BCUT2D eigenvalue weighted by Gasteiger charge is -2.07. The van der Waals surface area contributed by atoms with E-state index in [4.69, 9.17) is 14.2 Å². The van der Waals surface area contributed by atoms with Crippen LogP contribution in [0.1, 0.15) is 26.4 Å². The predicted molar refractivity (Wildman–Crippen MR) is 127 cm³/mol. The molecule has 3 heterocycles. The number of ether oxygens (including phenoxy) is 3. The molecule has 0 N–H and O–H groups in total. The maximum Gasteiger partial charge on any atom is 0.316 e. The number of carbonyl (C=O) groups excluding carboxylic acids is 2. The summed E-state index contributed by atoms with van der Waals surface area (Å²) in [7, 11) is 3.57. The Morgan fingerprint density at radius 1 is 1.18 bits per heavy atom. The number of benzene rings is 2. The van der Waals surface area contributed by atoms with Crippen LogP contribution in [0.3, 0.4) is 0 Å². The van der Waals surface area contributed by atoms with E-state index in [1.54, 1.807) is 25.3 Å². The smallest absolute Gasteiger partial charge is 0.316 e. The number of esters is 1. The minimum Gasteiger partial charge on any atom is -0.497 e. The van der Waals surface area contributed by atoms with Crippen LogP contribution in [0.25, 0.3) is 17.0 Å². The number of carbonyl (C=O) groups is 2. The van der Waals surface area contributed by atoms with Gasteiger partial charge in [0.1, 0.15) is 17.2 Å². The van der Waals surface area contributed by atoms with Crippen molar-refractivity contribution in [3.8, 4) is 17.2 Å². The van der Waals surface area contributed by atoms with Crippen molar-refractivity contribution in [2.75, 3.05) is 7.11 Å². The van der Waals surface area contributed by atoms with Crippen molar-refractivity contribution >= 4 is 40.1 Å². The van der Waals surface area contributed by atoms with Gasteiger partial charge >= 0.3 is 5.97 Å². The first kappa shape index (κ1) is 21.0. The number of hydrogen-bond acceptors (Lipinski definition) is 6. The van der Waals surface area contributed by atoms with E-state index >= 15 is 0 Å². The molecule has 4 aromatic rings. The van der Waals surface area contributed by atoms with E-state index in [1.807, 2.05) is 60.4 Å². The van der Waals surface area contributed by atoms with Gasteiger partial charge in [-0.1, -0.05) is 6.07 Å². The highest BCUT2D eigenvalue weighted by molar-refractivity contribution is 7.10. The van der Waals surface area contributed by atoms with Crippen molar-refractivity contribution in [1.29, 1.82) is 0 Å². The van der Waals surface area contributed by atoms with Crippen LogP contribution in [-0.2, 0) is 18.3 Å². The third kappa shape index (κ3) is 3.91. The molecule has 6 nitrogen and oxygen atoms in total. The SMILES string of the molecule is COc1ccc2c(c1)c(/C=C1\Oc3cc(OC(=O)Cc4cccs4)cc(C)c3C1=O)cn2C. The van der Waals surface area contributed by atoms with Gasteiger partial charge in [-0.15, -0.1) is 11.3 Å². The number of fused-ring (bicyclic) bond motifs is 2. The lowest BCUT2D eigenvalue weighted by Crippen LogP contribution is -2.10. The van der Waals surface area contributed by atoms with Crippen LogP contribution in [-0.4, -0.2) is 23.4 Å². The van der Waals surface area contributed by atoms with Gasteiger partial charge in [0.05, 0.1) is 19.1 Å². The largest absolute Gasteiger partial charge is 0.497 e. The second-order valence-corrected chi connectivity index (χ2v) is 8.89. The van der Waals surface area contributed by atoms with E-state index in [0.717, 1.165) is 27.1 Å². The van der Waals surface area contributed by atoms with Crippen LogP contribution in [0.4, 0.5) is 0 Å². The second-order valence-electron chi connectivity index (χ2n) is 7.86. The zero-order chi connectivity index (χ0) is 23.1. The van der Waals surface area contributed by atoms with Crippen molar-refractivity contribution in [3.63, 3.8) is 0 Å². The van der Waals surface area contributed by atoms with Crippen LogP contribution in [0, 0.1) is 6.92 Å². The van der Waals surface area contributed by atoms with Gasteiger partial charge in [0.15, 0.2) is 5.76 Å². The quantitative estimate of drug-likeness (QED) is 0.230. The van der Waals surface area contributed by atoms with E-state index in [2.05, 4.69) is 0 Å². The minimum atomic E-state index is -0.360. The Bertz CT molecular complexity index is 1430. The van der Waals surface area contributed by atoms with Gasteiger partial charge < -0.3 is 18.8 Å². The van der Waals surface area contributed by atoms with Crippen LogP contribution in [0.5, 0.6) is 17.2 Å². The molecule has 2 aromatic heterocycles. The fourth-order valence-corrected chi connectivity index (χ4v) is 4.73. The topological polar surface area (TPSA) is 66.8 Å². The standard InChI is InChI=1S/C26H21NO5S/c1-15-9-18(31-24(28)13-19-5-4-8-33-19)12-22-25(15)26(29)23(32-22)10-16-14-27(2)21-7-6-17(30-3)11-20(16)21/h4-12,14H,13H2,1-3H3/b23-10-. The molecule has 1 aliphatic rings. The number of methoxy groups -OCH3 is 1. The number of ketones is 1. The molecule has 7 heteroatoms. The number of Topliss-reactive ketones (excluding diaryl/α,β-unsaturated/α-hetero) is 1. The summed E-state index contributed by atoms with van der Waals surface area (Å²) in [4.78, 5) is 26.3. The summed E-state index contributed by atoms with van der Waals surface area (Å²) in [5.74, 6) is 1.16. The first-order valence-electron chi connectivity index (χ1n) is 10.4. The van der Waals surface area contributed by atoms with Gasteiger partial charge in [0, 0.05) is 40.7 Å². The second kappa shape index (κ2) is 8.26. The molecule has 0 bridgehead atoms. The monoisotopic (exact) mass is 459 g/mol. The van der Waals surface area contributed by atoms with Crippen molar-refractivity contribution in [1.82, 2.24) is 4.57 Å². The number of aromatic nitrogens is 1. The van der Waals surface area contributed by atoms with Gasteiger partial charge in [0.2, 0.25) is 5.78 Å². The molecule has 5 rings (SSSR count). The lowest BCUT2D eigenvalue weighted by molar-refractivity contribution is -0.133. The Morgan fingerprint density at radius 2 is 2.03 bits per heavy atom. The number of aryl methyl sites for hydroxylation is 2. The average Bonchev–Trinajstić information content (AvgIpc) is 3.47. The van der Waals surface area contributed by atoms with Crippen molar-refractivity contribution < 1.29 is 23.8 Å². The summed E-state index contributed by atoms with van der Waals surface area (Å²) in [6, 6.07) is 12.9. The summed E-state index contributed by atoms with van der Waals surface area (Å²) < 4.78 is 18.8. The fourth-order valence-electron chi connectivity index (χ4n) is 4.04. The van der Waals surface area contributed by atoms with Crippen molar-refractivity contribution in [3.05, 3.63) is 81.4 Å². The summed E-state index contributed by atoms with van der Waals surface area (Å²) in [6.45, 7) is 1.81. The molecule has 0 saturated heterocycles. The zero-order valence-electron chi connectivity index (χ0n) is 18.4. The fraction of sp³-hybridized carbons (Fsp3) is 0.154. The molecule has 0 unspecified atom stereocenters. The molecule has 2 aromatic carbocycles. The van der Waals surface area contributed by atoms with Crippen LogP contribution in [0.2, 0.25) is 0 Å². The zero-order valence-corrected chi connectivity index (χ0v) is 19.2. The molecule has 166 valence electrons. The number of rotatable bonds is 5. The van der Waals surface area contributed by atoms with Crippen molar-refractivity contribution in [2.45, 2.75) is 13.3 Å². The molecule has 0 radical (unpaired) electrons. The predicted octanol–water partition coefficient (Wildman–Crippen LogP) is 5.32. The highest BCUT2D eigenvalue weighted by Crippen LogP contribution is 2.38. The maximum atomic E-state index is 13.1. The Kier molecular flexibility index (Phi) is 5.26. The highest BCUT2D eigenvalue weighted by Gasteiger charge is 2.30. The third-order valence-corrected chi connectivity index (χ3v) is 6.46. The average molecular weight is 460 g/mol. The van der Waals surface area contributed by atoms with Gasteiger partial charge in [-0.05, 0) is 54.3 Å². The van der Waals surface area contributed by atoms with Crippen LogP contribution >= 0.6 is 11.3 Å². The highest BCUT2D eigenvalue weighted by atomic mass is 32.1. The summed E-state index contributed by atoms with van der Waals surface area (Å²) in [6.07, 6.45) is 3.89. The van der Waals surface area contributed by atoms with Gasteiger partial charge in [-0.2, -0.15) is 0 Å². The molecule has 0 atom stereocenters. The van der Waals surface area contributed by atoms with Gasteiger partial charge in [0.25, 0.3) is 0 Å². The van der Waals surface area contributed by atoms with E-state index in [0.29, 0.717) is 22.6 Å². The first-order valence-corrected chi connectivity index (χ1v) is 11.3. The normalized spacial score (nSPS) is 13.9. The number of hydrogen-bond donors (Lipinski definition) is 0. The van der Waals surface area contributed by atoms with Gasteiger partial charge in [-0.25, -0.2) is 0 Å². The molecular weight excluding hydrogens is 438 g/mol. The van der Waals surface area contributed by atoms with Crippen molar-refractivity contribution in [2.24, 2.45) is 7.05 Å². The summed E-state index contributed by atoms with van der Waals surface area (Å²) >= 11 is 1.50. The van der Waals surface area contributed by atoms with E-state index in [-0.39, 0.29) is 23.9 Å². The molecule has 0 spiro atoms. The third-order valence-electron chi connectivity index (χ3n) is 5.59. The van der Waals surface area contributed by atoms with E-state index < -0.39 is 0 Å². The maximum absolute atomic E-state index is 13.1. The summed E-state index contributed by atoms with van der Waals surface area (Å²) in [5, 5.41) is 2.87. The molecule has 0 amide bonds. The Labute approximate surface area is 194 Å². The van der Waals surface area contributed by atoms with Crippen LogP contribution in [0.15, 0.2) is 59.8 Å². The molecule has 0 saturated carbocycles. The van der Waals surface area contributed by atoms with Gasteiger partial charge in [-0.3, -0.25) is 9.59 Å². The minimum absolute atomic E-state index is 0.195.